The van der Waals surface area contributed by atoms with E-state index in [0.29, 0.717) is 0 Å². The molecule has 0 aromatic heterocycles. The maximum absolute atomic E-state index is 11.9. The molecule has 2 atom stereocenters. The summed E-state index contributed by atoms with van der Waals surface area (Å²) in [7, 11) is 0. The first-order chi connectivity index (χ1) is 9.58. The highest BCUT2D eigenvalue weighted by molar-refractivity contribution is 5.97. The average molecular weight is 271 g/mol. The van der Waals surface area contributed by atoms with Crippen LogP contribution in [0.25, 0.3) is 0 Å². The summed E-state index contributed by atoms with van der Waals surface area (Å²) in [6, 6.07) is 11.9. The maximum atomic E-state index is 11.9. The molecule has 0 radical (unpaired) electrons. The van der Waals surface area contributed by atoms with Gasteiger partial charge in [0.15, 0.2) is 0 Å². The Morgan fingerprint density at radius 3 is 2.55 bits per heavy atom. The zero-order valence-corrected chi connectivity index (χ0v) is 12.2. The zero-order valence-electron chi connectivity index (χ0n) is 12.2. The van der Waals surface area contributed by atoms with E-state index in [1.807, 2.05) is 57.2 Å². The number of nitrogens with one attached hydrogen (secondary N) is 2. The van der Waals surface area contributed by atoms with Crippen molar-refractivity contribution in [3.05, 3.63) is 47.7 Å². The fourth-order valence-electron chi connectivity index (χ4n) is 1.60. The van der Waals surface area contributed by atoms with E-state index >= 15 is 0 Å². The summed E-state index contributed by atoms with van der Waals surface area (Å²) < 4.78 is 0. The minimum Gasteiger partial charge on any atom is -0.383 e. The van der Waals surface area contributed by atoms with Crippen molar-refractivity contribution in [3.63, 3.8) is 0 Å². The van der Waals surface area contributed by atoms with Gasteiger partial charge in [0.05, 0.1) is 0 Å². The van der Waals surface area contributed by atoms with E-state index in [4.69, 9.17) is 5.26 Å². The molecule has 2 N–H and O–H groups in total. The van der Waals surface area contributed by atoms with E-state index < -0.39 is 0 Å². The van der Waals surface area contributed by atoms with Crippen molar-refractivity contribution in [2.24, 2.45) is 0 Å². The number of carbonyl (C=O) groups is 1. The molecule has 0 saturated heterocycles. The average Bonchev–Trinajstić information content (AvgIpc) is 2.48. The molecule has 1 amide bonds. The molecule has 0 spiro atoms. The Morgan fingerprint density at radius 2 is 2.00 bits per heavy atom. The summed E-state index contributed by atoms with van der Waals surface area (Å²) in [5.74, 6) is -0.338. The van der Waals surface area contributed by atoms with E-state index in [-0.39, 0.29) is 23.6 Å². The molecule has 0 fully saturated rings. The van der Waals surface area contributed by atoms with Crippen molar-refractivity contribution in [2.45, 2.75) is 39.3 Å². The molecule has 0 aliphatic heterocycles. The highest BCUT2D eigenvalue weighted by Gasteiger charge is 2.11. The predicted octanol–water partition coefficient (Wildman–Crippen LogP) is 2.66. The van der Waals surface area contributed by atoms with Gasteiger partial charge in [0.2, 0.25) is 0 Å². The van der Waals surface area contributed by atoms with Crippen LogP contribution in [0.15, 0.2) is 42.1 Å². The number of hydrogen-bond donors (Lipinski definition) is 2. The van der Waals surface area contributed by atoms with Crippen LogP contribution >= 0.6 is 0 Å². The van der Waals surface area contributed by atoms with Crippen molar-refractivity contribution in [1.29, 1.82) is 5.26 Å². The summed E-state index contributed by atoms with van der Waals surface area (Å²) >= 11 is 0. The minimum atomic E-state index is -0.338. The lowest BCUT2D eigenvalue weighted by Crippen LogP contribution is -2.33. The fourth-order valence-corrected chi connectivity index (χ4v) is 1.60. The van der Waals surface area contributed by atoms with Gasteiger partial charge in [-0.25, -0.2) is 0 Å². The molecule has 1 aromatic rings. The van der Waals surface area contributed by atoms with E-state index in [1.54, 1.807) is 0 Å². The molecule has 0 bridgehead atoms. The van der Waals surface area contributed by atoms with E-state index in [1.165, 1.54) is 6.20 Å². The van der Waals surface area contributed by atoms with E-state index in [0.717, 1.165) is 12.0 Å². The molecule has 1 rings (SSSR count). The summed E-state index contributed by atoms with van der Waals surface area (Å²) in [6.45, 7) is 5.87. The van der Waals surface area contributed by atoms with E-state index in [2.05, 4.69) is 10.6 Å². The van der Waals surface area contributed by atoms with Gasteiger partial charge >= 0.3 is 0 Å². The normalized spacial score (nSPS) is 14.0. The van der Waals surface area contributed by atoms with Crippen LogP contribution in [0.1, 0.15) is 38.8 Å². The second-order valence-electron chi connectivity index (χ2n) is 4.75. The number of carbonyl (C=O) groups excluding carboxylic acids is 1. The summed E-state index contributed by atoms with van der Waals surface area (Å²) in [5, 5.41) is 14.9. The molecule has 4 heteroatoms. The predicted molar refractivity (Wildman–Crippen MR) is 79.6 cm³/mol. The Hall–Kier alpha value is -2.28. The van der Waals surface area contributed by atoms with Gasteiger partial charge < -0.3 is 10.6 Å². The monoisotopic (exact) mass is 271 g/mol. The highest BCUT2D eigenvalue weighted by Crippen LogP contribution is 2.11. The van der Waals surface area contributed by atoms with Crippen LogP contribution in [-0.4, -0.2) is 11.9 Å². The Labute approximate surface area is 120 Å². The first-order valence-corrected chi connectivity index (χ1v) is 6.80. The minimum absolute atomic E-state index is 0.0379. The van der Waals surface area contributed by atoms with Crippen LogP contribution in [0.5, 0.6) is 0 Å². The molecular formula is C16H21N3O. The van der Waals surface area contributed by atoms with E-state index in [9.17, 15) is 4.79 Å². The Morgan fingerprint density at radius 1 is 1.35 bits per heavy atom. The number of benzene rings is 1. The largest absolute Gasteiger partial charge is 0.383 e. The van der Waals surface area contributed by atoms with Crippen molar-refractivity contribution in [2.75, 3.05) is 0 Å². The van der Waals surface area contributed by atoms with Crippen molar-refractivity contribution in [3.8, 4) is 6.07 Å². The van der Waals surface area contributed by atoms with Crippen LogP contribution in [0.3, 0.4) is 0 Å². The molecule has 1 aromatic carbocycles. The number of hydrogen-bond acceptors (Lipinski definition) is 3. The molecule has 0 heterocycles. The Balaban J connectivity index is 2.67. The molecule has 4 nitrogen and oxygen atoms in total. The van der Waals surface area contributed by atoms with Crippen LogP contribution in [0, 0.1) is 11.3 Å². The molecule has 20 heavy (non-hydrogen) atoms. The highest BCUT2D eigenvalue weighted by atomic mass is 16.1. The standard InChI is InChI=1S/C16H21N3O/c1-4-12(2)19-16(20)15(10-17)11-18-13(3)14-8-6-5-7-9-14/h5-9,11-13,18H,4H2,1-3H3,(H,19,20)/b15-11-. The molecule has 106 valence electrons. The third-order valence-corrected chi connectivity index (χ3v) is 3.13. The zero-order chi connectivity index (χ0) is 15.0. The first kappa shape index (κ1) is 15.8. The second-order valence-corrected chi connectivity index (χ2v) is 4.75. The Kier molecular flexibility index (Phi) is 6.31. The number of nitriles is 1. The topological polar surface area (TPSA) is 64.9 Å². The SMILES string of the molecule is CCC(C)NC(=O)/C(C#N)=C\NC(C)c1ccccc1. The lowest BCUT2D eigenvalue weighted by atomic mass is 10.1. The molecular weight excluding hydrogens is 250 g/mol. The number of amides is 1. The lowest BCUT2D eigenvalue weighted by Gasteiger charge is -2.14. The van der Waals surface area contributed by atoms with Crippen LogP contribution in [0.4, 0.5) is 0 Å². The van der Waals surface area contributed by atoms with Gasteiger partial charge in [-0.15, -0.1) is 0 Å². The molecule has 0 aliphatic carbocycles. The number of nitrogens with zero attached hydrogens (tertiary/aromatic N) is 1. The smallest absolute Gasteiger partial charge is 0.263 e. The third-order valence-electron chi connectivity index (χ3n) is 3.13. The van der Waals surface area contributed by atoms with Gasteiger partial charge in [-0.05, 0) is 25.8 Å². The second kappa shape index (κ2) is 8.00. The van der Waals surface area contributed by atoms with Gasteiger partial charge in [-0.3, -0.25) is 4.79 Å². The third kappa shape index (κ3) is 4.77. The molecule has 2 unspecified atom stereocenters. The summed E-state index contributed by atoms with van der Waals surface area (Å²) in [6.07, 6.45) is 2.31. The van der Waals surface area contributed by atoms with Gasteiger partial charge in [0.25, 0.3) is 5.91 Å². The number of rotatable bonds is 6. The van der Waals surface area contributed by atoms with Crippen molar-refractivity contribution < 1.29 is 4.79 Å². The van der Waals surface area contributed by atoms with Gasteiger partial charge in [-0.1, -0.05) is 37.3 Å². The van der Waals surface area contributed by atoms with Crippen molar-refractivity contribution >= 4 is 5.91 Å². The molecule has 0 saturated carbocycles. The fraction of sp³-hybridized carbons (Fsp3) is 0.375. The van der Waals surface area contributed by atoms with Gasteiger partial charge in [-0.2, -0.15) is 5.26 Å². The summed E-state index contributed by atoms with van der Waals surface area (Å²) in [4.78, 5) is 11.9. The molecule has 0 aliphatic rings. The quantitative estimate of drug-likeness (QED) is 0.617. The first-order valence-electron chi connectivity index (χ1n) is 6.80. The van der Waals surface area contributed by atoms with Crippen LogP contribution in [0.2, 0.25) is 0 Å². The van der Waals surface area contributed by atoms with Gasteiger partial charge in [0, 0.05) is 18.3 Å². The Bertz CT molecular complexity index is 502. The van der Waals surface area contributed by atoms with Crippen LogP contribution in [-0.2, 0) is 4.79 Å². The van der Waals surface area contributed by atoms with Crippen LogP contribution < -0.4 is 10.6 Å². The maximum Gasteiger partial charge on any atom is 0.263 e. The van der Waals surface area contributed by atoms with Crippen molar-refractivity contribution in [1.82, 2.24) is 10.6 Å². The summed E-state index contributed by atoms with van der Waals surface area (Å²) in [5.41, 5.74) is 1.19. The van der Waals surface area contributed by atoms with Gasteiger partial charge in [0.1, 0.15) is 11.6 Å². The lowest BCUT2D eigenvalue weighted by molar-refractivity contribution is -0.117.